The Bertz CT molecular complexity index is 526. The number of nitro benzene ring substituents is 1. The van der Waals surface area contributed by atoms with Crippen LogP contribution in [-0.4, -0.2) is 49.1 Å². The molecule has 7 heteroatoms. The molecule has 0 radical (unpaired) electrons. The summed E-state index contributed by atoms with van der Waals surface area (Å²) in [7, 11) is 3.37. The van der Waals surface area contributed by atoms with Gasteiger partial charge in [-0.1, -0.05) is 0 Å². The summed E-state index contributed by atoms with van der Waals surface area (Å²) in [4.78, 5) is 24.4. The van der Waals surface area contributed by atoms with E-state index < -0.39 is 4.92 Å². The molecule has 0 aromatic heterocycles. The van der Waals surface area contributed by atoms with Gasteiger partial charge in [0.05, 0.1) is 23.1 Å². The summed E-state index contributed by atoms with van der Waals surface area (Å²) in [6.07, 6.45) is 0.784. The zero-order valence-corrected chi connectivity index (χ0v) is 11.5. The molecule has 1 aliphatic rings. The number of rotatable bonds is 4. The average molecular weight is 279 g/mol. The fourth-order valence-corrected chi connectivity index (χ4v) is 2.22. The third kappa shape index (κ3) is 2.72. The lowest BCUT2D eigenvalue weighted by atomic mass is 10.1. The van der Waals surface area contributed by atoms with Crippen molar-refractivity contribution in [1.82, 2.24) is 4.90 Å². The number of anilines is 1. The van der Waals surface area contributed by atoms with Crippen LogP contribution in [0.3, 0.4) is 0 Å². The largest absolute Gasteiger partial charge is 0.387 e. The molecular weight excluding hydrogens is 262 g/mol. The summed E-state index contributed by atoms with van der Waals surface area (Å²) >= 11 is 0. The second-order valence-corrected chi connectivity index (χ2v) is 4.67. The van der Waals surface area contributed by atoms with Crippen molar-refractivity contribution in [2.75, 3.05) is 32.6 Å². The molecule has 1 atom stereocenters. The standard InChI is InChI=1S/C13H17N3O4/c1-14-12-4-3-9(16(18)19)7-11(12)13(17)15(2)10-5-6-20-8-10/h3-4,7,10,14H,5-6,8H2,1-2H3. The van der Waals surface area contributed by atoms with Crippen LogP contribution in [0.1, 0.15) is 16.8 Å². The van der Waals surface area contributed by atoms with Crippen LogP contribution in [0.25, 0.3) is 0 Å². The minimum absolute atomic E-state index is 0.0199. The first-order valence-corrected chi connectivity index (χ1v) is 6.35. The first-order valence-electron chi connectivity index (χ1n) is 6.35. The van der Waals surface area contributed by atoms with Gasteiger partial charge in [-0.05, 0) is 12.5 Å². The lowest BCUT2D eigenvalue weighted by Gasteiger charge is -2.24. The number of ether oxygens (including phenoxy) is 1. The number of nitrogens with one attached hydrogen (secondary N) is 1. The van der Waals surface area contributed by atoms with Crippen LogP contribution < -0.4 is 5.32 Å². The van der Waals surface area contributed by atoms with E-state index in [9.17, 15) is 14.9 Å². The highest BCUT2D eigenvalue weighted by Gasteiger charge is 2.27. The van der Waals surface area contributed by atoms with Crippen LogP contribution in [-0.2, 0) is 4.74 Å². The third-order valence-electron chi connectivity index (χ3n) is 3.49. The fraction of sp³-hybridized carbons (Fsp3) is 0.462. The highest BCUT2D eigenvalue weighted by atomic mass is 16.6. The van der Waals surface area contributed by atoms with E-state index in [1.165, 1.54) is 12.1 Å². The molecule has 7 nitrogen and oxygen atoms in total. The van der Waals surface area contributed by atoms with Gasteiger partial charge in [-0.15, -0.1) is 0 Å². The quantitative estimate of drug-likeness (QED) is 0.667. The molecule has 1 aromatic carbocycles. The van der Waals surface area contributed by atoms with Crippen molar-refractivity contribution in [3.05, 3.63) is 33.9 Å². The Hall–Kier alpha value is -2.15. The number of nitro groups is 1. The van der Waals surface area contributed by atoms with Crippen molar-refractivity contribution < 1.29 is 14.5 Å². The van der Waals surface area contributed by atoms with E-state index in [0.717, 1.165) is 6.42 Å². The SMILES string of the molecule is CNc1ccc([N+](=O)[O-])cc1C(=O)N(C)C1CCOC1. The van der Waals surface area contributed by atoms with Gasteiger partial charge in [-0.25, -0.2) is 0 Å². The summed E-state index contributed by atoms with van der Waals surface area (Å²) in [5.41, 5.74) is 0.783. The molecule has 1 amide bonds. The topological polar surface area (TPSA) is 84.7 Å². The number of benzene rings is 1. The molecular formula is C13H17N3O4. The molecule has 0 spiro atoms. The molecule has 1 aliphatic heterocycles. The molecule has 108 valence electrons. The normalized spacial score (nSPS) is 17.8. The van der Waals surface area contributed by atoms with E-state index in [-0.39, 0.29) is 17.6 Å². The molecule has 20 heavy (non-hydrogen) atoms. The molecule has 1 N–H and O–H groups in total. The van der Waals surface area contributed by atoms with Gasteiger partial charge in [-0.3, -0.25) is 14.9 Å². The van der Waals surface area contributed by atoms with Crippen molar-refractivity contribution in [2.45, 2.75) is 12.5 Å². The highest BCUT2D eigenvalue weighted by Crippen LogP contribution is 2.24. The minimum Gasteiger partial charge on any atom is -0.387 e. The average Bonchev–Trinajstić information content (AvgIpc) is 2.99. The molecule has 0 aliphatic carbocycles. The number of non-ortho nitro benzene ring substituents is 1. The van der Waals surface area contributed by atoms with E-state index in [4.69, 9.17) is 4.74 Å². The predicted molar refractivity (Wildman–Crippen MR) is 74.0 cm³/mol. The van der Waals surface area contributed by atoms with Crippen molar-refractivity contribution >= 4 is 17.3 Å². The van der Waals surface area contributed by atoms with Crippen LogP contribution in [0.4, 0.5) is 11.4 Å². The van der Waals surface area contributed by atoms with E-state index in [1.54, 1.807) is 25.1 Å². The molecule has 0 saturated carbocycles. The number of carbonyl (C=O) groups is 1. The van der Waals surface area contributed by atoms with Crippen molar-refractivity contribution in [2.24, 2.45) is 0 Å². The number of hydrogen-bond acceptors (Lipinski definition) is 5. The Balaban J connectivity index is 2.31. The molecule has 1 saturated heterocycles. The first kappa shape index (κ1) is 14.3. The highest BCUT2D eigenvalue weighted by molar-refractivity contribution is 6.00. The van der Waals surface area contributed by atoms with E-state index in [1.807, 2.05) is 0 Å². The number of amides is 1. The molecule has 2 rings (SSSR count). The Morgan fingerprint density at radius 1 is 1.55 bits per heavy atom. The van der Waals surface area contributed by atoms with Gasteiger partial charge in [0.2, 0.25) is 0 Å². The molecule has 0 bridgehead atoms. The summed E-state index contributed by atoms with van der Waals surface area (Å²) < 4.78 is 5.27. The second-order valence-electron chi connectivity index (χ2n) is 4.67. The van der Waals surface area contributed by atoms with Gasteiger partial charge in [0.1, 0.15) is 0 Å². The summed E-state index contributed by atoms with van der Waals surface area (Å²) in [6.45, 7) is 1.14. The predicted octanol–water partition coefficient (Wildman–Crippen LogP) is 1.50. The van der Waals surface area contributed by atoms with Crippen LogP contribution >= 0.6 is 0 Å². The molecule has 1 unspecified atom stereocenters. The number of hydrogen-bond donors (Lipinski definition) is 1. The van der Waals surface area contributed by atoms with E-state index >= 15 is 0 Å². The van der Waals surface area contributed by atoms with Gasteiger partial charge in [0.15, 0.2) is 0 Å². The summed E-state index contributed by atoms with van der Waals surface area (Å²) in [5.74, 6) is -0.242. The second kappa shape index (κ2) is 5.87. The molecule has 1 aromatic rings. The summed E-state index contributed by atoms with van der Waals surface area (Å²) in [6, 6.07) is 4.25. The van der Waals surface area contributed by atoms with Crippen molar-refractivity contribution in [3.8, 4) is 0 Å². The number of likely N-dealkylation sites (N-methyl/N-ethyl adjacent to an activating group) is 1. The maximum atomic E-state index is 12.5. The molecule has 1 heterocycles. The lowest BCUT2D eigenvalue weighted by Crippen LogP contribution is -2.37. The zero-order chi connectivity index (χ0) is 14.7. The Labute approximate surface area is 116 Å². The Morgan fingerprint density at radius 2 is 2.30 bits per heavy atom. The first-order chi connectivity index (χ1) is 9.54. The van der Waals surface area contributed by atoms with Crippen LogP contribution in [0.5, 0.6) is 0 Å². The zero-order valence-electron chi connectivity index (χ0n) is 11.5. The van der Waals surface area contributed by atoms with Crippen molar-refractivity contribution in [3.63, 3.8) is 0 Å². The van der Waals surface area contributed by atoms with Gasteiger partial charge in [-0.2, -0.15) is 0 Å². The van der Waals surface area contributed by atoms with Gasteiger partial charge < -0.3 is 15.0 Å². The lowest BCUT2D eigenvalue weighted by molar-refractivity contribution is -0.384. The van der Waals surface area contributed by atoms with Crippen LogP contribution in [0.15, 0.2) is 18.2 Å². The van der Waals surface area contributed by atoms with Gasteiger partial charge >= 0.3 is 0 Å². The van der Waals surface area contributed by atoms with Crippen molar-refractivity contribution in [1.29, 1.82) is 0 Å². The Kier molecular flexibility index (Phi) is 4.19. The smallest absolute Gasteiger partial charge is 0.270 e. The third-order valence-corrected chi connectivity index (χ3v) is 3.49. The van der Waals surface area contributed by atoms with Crippen LogP contribution in [0, 0.1) is 10.1 Å². The monoisotopic (exact) mass is 279 g/mol. The van der Waals surface area contributed by atoms with E-state index in [0.29, 0.717) is 24.5 Å². The van der Waals surface area contributed by atoms with Gasteiger partial charge in [0.25, 0.3) is 11.6 Å². The maximum Gasteiger partial charge on any atom is 0.270 e. The maximum absolute atomic E-state index is 12.5. The number of carbonyl (C=O) groups excluding carboxylic acids is 1. The van der Waals surface area contributed by atoms with E-state index in [2.05, 4.69) is 5.32 Å². The summed E-state index contributed by atoms with van der Waals surface area (Å²) in [5, 5.41) is 13.7. The van der Waals surface area contributed by atoms with Crippen LogP contribution in [0.2, 0.25) is 0 Å². The Morgan fingerprint density at radius 3 is 2.85 bits per heavy atom. The minimum atomic E-state index is -0.505. The van der Waals surface area contributed by atoms with Gasteiger partial charge in [0, 0.05) is 38.5 Å². The molecule has 1 fully saturated rings. The number of nitrogens with zero attached hydrogens (tertiary/aromatic N) is 2. The fourth-order valence-electron chi connectivity index (χ4n) is 2.22.